The first-order valence-electron chi connectivity index (χ1n) is 9.37. The van der Waals surface area contributed by atoms with Gasteiger partial charge in [0.05, 0.1) is 0 Å². The molecule has 2 aromatic rings. The number of nitrogens with two attached hydrogens (primary N) is 1. The fourth-order valence-corrected chi connectivity index (χ4v) is 3.54. The summed E-state index contributed by atoms with van der Waals surface area (Å²) in [7, 11) is 0. The van der Waals surface area contributed by atoms with Gasteiger partial charge in [0.2, 0.25) is 5.91 Å². The van der Waals surface area contributed by atoms with E-state index in [0.717, 1.165) is 30.8 Å². The van der Waals surface area contributed by atoms with Gasteiger partial charge in [0.1, 0.15) is 0 Å². The first kappa shape index (κ1) is 24.3. The minimum Gasteiger partial charge on any atom is -0.399 e. The number of fused-ring (bicyclic) bond motifs is 1. The van der Waals surface area contributed by atoms with Gasteiger partial charge in [0.15, 0.2) is 0 Å². The van der Waals surface area contributed by atoms with Crippen LogP contribution in [0.1, 0.15) is 37.0 Å². The molecular weight excluding hydrogens is 393 g/mol. The van der Waals surface area contributed by atoms with E-state index in [2.05, 4.69) is 48.3 Å². The Morgan fingerprint density at radius 2 is 1.71 bits per heavy atom. The number of hydrogen-bond donors (Lipinski definition) is 2. The van der Waals surface area contributed by atoms with Gasteiger partial charge >= 0.3 is 0 Å². The lowest BCUT2D eigenvalue weighted by Gasteiger charge is -2.41. The van der Waals surface area contributed by atoms with Gasteiger partial charge in [-0.25, -0.2) is 0 Å². The van der Waals surface area contributed by atoms with Gasteiger partial charge in [-0.05, 0) is 49.4 Å². The second-order valence-electron chi connectivity index (χ2n) is 7.73. The summed E-state index contributed by atoms with van der Waals surface area (Å²) >= 11 is 0. The topological polar surface area (TPSA) is 58.4 Å². The molecule has 1 heterocycles. The first-order chi connectivity index (χ1) is 12.5. The second kappa shape index (κ2) is 10.7. The summed E-state index contributed by atoms with van der Waals surface area (Å²) in [6.45, 7) is 7.03. The fourth-order valence-electron chi connectivity index (χ4n) is 3.54. The third kappa shape index (κ3) is 6.13. The lowest BCUT2D eigenvalue weighted by molar-refractivity contribution is -0.121. The van der Waals surface area contributed by atoms with Crippen LogP contribution < -0.4 is 11.1 Å². The molecule has 0 saturated carbocycles. The molecule has 154 valence electrons. The Kier molecular flexibility index (Phi) is 9.28. The molecule has 4 nitrogen and oxygen atoms in total. The quantitative estimate of drug-likeness (QED) is 0.690. The maximum Gasteiger partial charge on any atom is 0.220 e. The standard InChI is InChI=1S/C22H29N3O.2ClH/c1-22(2,25-14-13-17-7-3-4-9-19(17)15-25)16-24-21(26)12-11-18-8-5-6-10-20(18)23;;/h3-10H,11-16,23H2,1-2H3,(H,24,26);2*1H. The van der Waals surface area contributed by atoms with Crippen LogP contribution in [-0.2, 0) is 24.2 Å². The highest BCUT2D eigenvalue weighted by atomic mass is 35.5. The largest absolute Gasteiger partial charge is 0.399 e. The van der Waals surface area contributed by atoms with Crippen molar-refractivity contribution in [1.82, 2.24) is 10.2 Å². The zero-order chi connectivity index (χ0) is 18.6. The van der Waals surface area contributed by atoms with Gasteiger partial charge < -0.3 is 11.1 Å². The third-order valence-electron chi connectivity index (χ3n) is 5.38. The van der Waals surface area contributed by atoms with E-state index in [9.17, 15) is 4.79 Å². The summed E-state index contributed by atoms with van der Waals surface area (Å²) in [4.78, 5) is 14.7. The van der Waals surface area contributed by atoms with Gasteiger partial charge in [0.25, 0.3) is 0 Å². The Bertz CT molecular complexity index is 780. The molecule has 6 heteroatoms. The number of nitrogens with zero attached hydrogens (tertiary/aromatic N) is 1. The molecular formula is C22H31Cl2N3O. The van der Waals surface area contributed by atoms with Crippen molar-refractivity contribution in [2.45, 2.75) is 45.2 Å². The monoisotopic (exact) mass is 423 g/mol. The number of benzene rings is 2. The number of rotatable bonds is 6. The van der Waals surface area contributed by atoms with E-state index >= 15 is 0 Å². The van der Waals surface area contributed by atoms with Gasteiger partial charge in [0, 0.05) is 37.3 Å². The van der Waals surface area contributed by atoms with Crippen molar-refractivity contribution in [3.05, 3.63) is 65.2 Å². The average Bonchev–Trinajstić information content (AvgIpc) is 2.65. The van der Waals surface area contributed by atoms with Crippen LogP contribution in [0, 0.1) is 0 Å². The highest BCUT2D eigenvalue weighted by Crippen LogP contribution is 2.25. The highest BCUT2D eigenvalue weighted by molar-refractivity contribution is 5.85. The average molecular weight is 424 g/mol. The predicted octanol–water partition coefficient (Wildman–Crippen LogP) is 4.00. The lowest BCUT2D eigenvalue weighted by Crippen LogP contribution is -2.53. The number of nitrogen functional groups attached to an aromatic ring is 1. The molecule has 2 aromatic carbocycles. The van der Waals surface area contributed by atoms with Crippen molar-refractivity contribution in [2.24, 2.45) is 0 Å². The maximum absolute atomic E-state index is 12.3. The number of nitrogens with one attached hydrogen (secondary N) is 1. The molecule has 3 rings (SSSR count). The van der Waals surface area contributed by atoms with Crippen LogP contribution in [0.2, 0.25) is 0 Å². The molecule has 0 bridgehead atoms. The molecule has 28 heavy (non-hydrogen) atoms. The van der Waals surface area contributed by atoms with Crippen molar-refractivity contribution in [1.29, 1.82) is 0 Å². The minimum absolute atomic E-state index is 0. The summed E-state index contributed by atoms with van der Waals surface area (Å²) in [5.74, 6) is 0.0822. The van der Waals surface area contributed by atoms with Crippen molar-refractivity contribution in [3.8, 4) is 0 Å². The summed E-state index contributed by atoms with van der Waals surface area (Å²) in [5.41, 5.74) is 10.5. The van der Waals surface area contributed by atoms with Gasteiger partial charge in [-0.15, -0.1) is 24.8 Å². The predicted molar refractivity (Wildman–Crippen MR) is 121 cm³/mol. The van der Waals surface area contributed by atoms with E-state index in [1.165, 1.54) is 11.1 Å². The van der Waals surface area contributed by atoms with Crippen LogP contribution in [0.25, 0.3) is 0 Å². The Labute approximate surface area is 180 Å². The molecule has 0 spiro atoms. The molecule has 0 saturated heterocycles. The molecule has 0 radical (unpaired) electrons. The lowest BCUT2D eigenvalue weighted by atomic mass is 9.94. The number of hydrogen-bond acceptors (Lipinski definition) is 3. The van der Waals surface area contributed by atoms with E-state index in [1.807, 2.05) is 24.3 Å². The fraction of sp³-hybridized carbons (Fsp3) is 0.409. The maximum atomic E-state index is 12.3. The number of anilines is 1. The molecule has 0 fully saturated rings. The number of aryl methyl sites for hydroxylation is 1. The zero-order valence-corrected chi connectivity index (χ0v) is 18.2. The Hall–Kier alpha value is -1.75. The number of carbonyl (C=O) groups excluding carboxylic acids is 1. The second-order valence-corrected chi connectivity index (χ2v) is 7.73. The van der Waals surface area contributed by atoms with Crippen LogP contribution >= 0.6 is 24.8 Å². The number of halogens is 2. The third-order valence-corrected chi connectivity index (χ3v) is 5.38. The first-order valence-corrected chi connectivity index (χ1v) is 9.37. The van der Waals surface area contributed by atoms with Gasteiger partial charge in [-0.2, -0.15) is 0 Å². The van der Waals surface area contributed by atoms with Gasteiger partial charge in [-0.3, -0.25) is 9.69 Å². The number of amides is 1. The van der Waals surface area contributed by atoms with Gasteiger partial charge in [-0.1, -0.05) is 42.5 Å². The van der Waals surface area contributed by atoms with E-state index in [4.69, 9.17) is 5.73 Å². The van der Waals surface area contributed by atoms with E-state index in [1.54, 1.807) is 0 Å². The normalized spacial score (nSPS) is 13.6. The molecule has 0 unspecified atom stereocenters. The van der Waals surface area contributed by atoms with Crippen LogP contribution in [0.3, 0.4) is 0 Å². The summed E-state index contributed by atoms with van der Waals surface area (Å²) in [5, 5.41) is 3.11. The van der Waals surface area contributed by atoms with E-state index in [0.29, 0.717) is 19.4 Å². The molecule has 1 amide bonds. The molecule has 0 aliphatic carbocycles. The summed E-state index contributed by atoms with van der Waals surface area (Å²) in [6.07, 6.45) is 2.21. The Morgan fingerprint density at radius 1 is 1.07 bits per heavy atom. The molecule has 0 atom stereocenters. The van der Waals surface area contributed by atoms with Crippen LogP contribution in [0.15, 0.2) is 48.5 Å². The SMILES string of the molecule is CC(C)(CNC(=O)CCc1ccccc1N)N1CCc2ccccc2C1.Cl.Cl. The van der Waals surface area contributed by atoms with E-state index in [-0.39, 0.29) is 36.3 Å². The van der Waals surface area contributed by atoms with Crippen molar-refractivity contribution >= 4 is 36.4 Å². The molecule has 1 aliphatic rings. The Morgan fingerprint density at radius 3 is 2.43 bits per heavy atom. The highest BCUT2D eigenvalue weighted by Gasteiger charge is 2.29. The number of carbonyl (C=O) groups is 1. The summed E-state index contributed by atoms with van der Waals surface area (Å²) < 4.78 is 0. The zero-order valence-electron chi connectivity index (χ0n) is 16.6. The smallest absolute Gasteiger partial charge is 0.220 e. The van der Waals surface area contributed by atoms with Crippen molar-refractivity contribution in [3.63, 3.8) is 0 Å². The number of para-hydroxylation sites is 1. The van der Waals surface area contributed by atoms with Crippen molar-refractivity contribution < 1.29 is 4.79 Å². The molecule has 1 aliphatic heterocycles. The summed E-state index contributed by atoms with van der Waals surface area (Å²) in [6, 6.07) is 16.4. The minimum atomic E-state index is -0.0744. The van der Waals surface area contributed by atoms with Crippen LogP contribution in [0.4, 0.5) is 5.69 Å². The van der Waals surface area contributed by atoms with Crippen molar-refractivity contribution in [2.75, 3.05) is 18.8 Å². The van der Waals surface area contributed by atoms with Crippen LogP contribution in [0.5, 0.6) is 0 Å². The molecule has 3 N–H and O–H groups in total. The molecule has 0 aromatic heterocycles. The Balaban J connectivity index is 0.00000196. The van der Waals surface area contributed by atoms with E-state index < -0.39 is 0 Å². The van der Waals surface area contributed by atoms with Crippen LogP contribution in [-0.4, -0.2) is 29.4 Å².